The third kappa shape index (κ3) is 3.84. The van der Waals surface area contributed by atoms with Crippen LogP contribution in [0.3, 0.4) is 0 Å². The maximum atomic E-state index is 13.1. The summed E-state index contributed by atoms with van der Waals surface area (Å²) in [5.74, 6) is -2.43. The van der Waals surface area contributed by atoms with Gasteiger partial charge in [0.1, 0.15) is 24.0 Å². The van der Waals surface area contributed by atoms with Crippen molar-refractivity contribution in [3.63, 3.8) is 0 Å². The second-order valence-corrected chi connectivity index (χ2v) is 7.01. The molecule has 1 atom stereocenters. The topological polar surface area (TPSA) is 81.0 Å². The van der Waals surface area contributed by atoms with Crippen LogP contribution in [0.15, 0.2) is 53.5 Å². The number of anilines is 1. The molecule has 0 spiro atoms. The maximum absolute atomic E-state index is 13.1. The fourth-order valence-corrected chi connectivity index (χ4v) is 3.38. The second kappa shape index (κ2) is 7.63. The third-order valence-electron chi connectivity index (χ3n) is 4.67. The molecule has 148 valence electrons. The number of carbonyl (C=O) groups is 2. The van der Waals surface area contributed by atoms with Gasteiger partial charge in [-0.2, -0.15) is 0 Å². The predicted molar refractivity (Wildman–Crippen MR) is 103 cm³/mol. The number of carbonyl (C=O) groups excluding carboxylic acids is 2. The molecule has 2 aromatic heterocycles. The molecule has 1 fully saturated rings. The molecule has 0 saturated carbocycles. The number of hydrogen-bond donors (Lipinski definition) is 0. The number of rotatable bonds is 4. The van der Waals surface area contributed by atoms with E-state index >= 15 is 0 Å². The van der Waals surface area contributed by atoms with Crippen molar-refractivity contribution in [2.24, 2.45) is 5.92 Å². The first-order valence-electron chi connectivity index (χ1n) is 8.84. The first-order chi connectivity index (χ1) is 13.9. The number of halogens is 2. The fraction of sp³-hybridized carbons (Fsp3) is 0.200. The van der Waals surface area contributed by atoms with E-state index in [0.29, 0.717) is 29.3 Å². The van der Waals surface area contributed by atoms with E-state index in [2.05, 4.69) is 4.98 Å². The summed E-state index contributed by atoms with van der Waals surface area (Å²) in [6.45, 7) is 0.105. The fourth-order valence-electron chi connectivity index (χ4n) is 3.22. The molecule has 1 saturated heterocycles. The molecule has 1 unspecified atom stereocenters. The van der Waals surface area contributed by atoms with Gasteiger partial charge in [-0.3, -0.25) is 18.8 Å². The number of nitrogens with zero attached hydrogens (tertiary/aromatic N) is 3. The number of pyridine rings is 1. The lowest BCUT2D eigenvalue weighted by atomic mass is 10.1. The molecule has 1 aliphatic heterocycles. The summed E-state index contributed by atoms with van der Waals surface area (Å²) >= 11 is 5.87. The smallest absolute Gasteiger partial charge is 0.318 e. The van der Waals surface area contributed by atoms with E-state index in [0.717, 1.165) is 0 Å². The van der Waals surface area contributed by atoms with E-state index in [1.807, 2.05) is 0 Å². The zero-order chi connectivity index (χ0) is 20.5. The van der Waals surface area contributed by atoms with Crippen LogP contribution in [0.4, 0.5) is 10.1 Å². The number of fused-ring (bicyclic) bond motifs is 1. The lowest BCUT2D eigenvalue weighted by molar-refractivity contribution is -0.152. The lowest BCUT2D eigenvalue weighted by Crippen LogP contribution is -2.31. The van der Waals surface area contributed by atoms with Crippen LogP contribution < -0.4 is 10.5 Å². The van der Waals surface area contributed by atoms with E-state index in [1.54, 1.807) is 12.1 Å². The highest BCUT2D eigenvalue weighted by Gasteiger charge is 2.38. The average Bonchev–Trinajstić information content (AvgIpc) is 3.09. The first kappa shape index (κ1) is 19.1. The third-order valence-corrected chi connectivity index (χ3v) is 4.89. The normalized spacial score (nSPS) is 16.4. The van der Waals surface area contributed by atoms with Crippen LogP contribution in [0, 0.1) is 11.7 Å². The number of aromatic nitrogens is 2. The van der Waals surface area contributed by atoms with Crippen LogP contribution in [0.5, 0.6) is 0 Å². The standard InChI is InChI=1S/C20H15ClFN3O4/c21-12-1-6-17-23-14(9-18(26)25(17)10-12)11-29-20(28)16-7-8-24(19(16)27)15-4-2-13(22)3-5-15/h1-6,9-10,16H,7-8,11H2. The molecule has 0 aliphatic carbocycles. The van der Waals surface area contributed by atoms with Crippen LogP contribution in [0.2, 0.25) is 5.02 Å². The summed E-state index contributed by atoms with van der Waals surface area (Å²) in [6, 6.07) is 9.91. The zero-order valence-corrected chi connectivity index (χ0v) is 15.8. The molecule has 0 radical (unpaired) electrons. The highest BCUT2D eigenvalue weighted by Crippen LogP contribution is 2.26. The summed E-state index contributed by atoms with van der Waals surface area (Å²) in [5.41, 5.74) is 0.802. The van der Waals surface area contributed by atoms with Crippen molar-refractivity contribution in [3.8, 4) is 0 Å². The van der Waals surface area contributed by atoms with Gasteiger partial charge in [0.15, 0.2) is 0 Å². The van der Waals surface area contributed by atoms with Gasteiger partial charge in [-0.1, -0.05) is 11.6 Å². The number of esters is 1. The Labute approximate surface area is 169 Å². The molecule has 3 heterocycles. The van der Waals surface area contributed by atoms with E-state index in [-0.39, 0.29) is 17.9 Å². The minimum atomic E-state index is -0.944. The van der Waals surface area contributed by atoms with Gasteiger partial charge in [0, 0.05) is 24.5 Å². The Hall–Kier alpha value is -3.26. The molecule has 9 heteroatoms. The Morgan fingerprint density at radius 3 is 2.72 bits per heavy atom. The molecular formula is C20H15ClFN3O4. The van der Waals surface area contributed by atoms with Gasteiger partial charge in [-0.25, -0.2) is 9.37 Å². The number of hydrogen-bond acceptors (Lipinski definition) is 5. The van der Waals surface area contributed by atoms with Crippen LogP contribution in [-0.2, 0) is 20.9 Å². The Morgan fingerprint density at radius 2 is 1.97 bits per heavy atom. The predicted octanol–water partition coefficient (Wildman–Crippen LogP) is 2.58. The summed E-state index contributed by atoms with van der Waals surface area (Å²) in [5, 5.41) is 0.394. The largest absolute Gasteiger partial charge is 0.459 e. The van der Waals surface area contributed by atoms with Crippen molar-refractivity contribution < 1.29 is 18.7 Å². The Kier molecular flexibility index (Phi) is 5.02. The summed E-state index contributed by atoms with van der Waals surface area (Å²) < 4.78 is 19.6. The quantitative estimate of drug-likeness (QED) is 0.483. The van der Waals surface area contributed by atoms with E-state index in [1.165, 1.54) is 45.8 Å². The van der Waals surface area contributed by atoms with E-state index in [9.17, 15) is 18.8 Å². The molecule has 1 aliphatic rings. The minimum absolute atomic E-state index is 0.229. The van der Waals surface area contributed by atoms with Crippen LogP contribution >= 0.6 is 11.6 Å². The van der Waals surface area contributed by atoms with Gasteiger partial charge >= 0.3 is 5.97 Å². The van der Waals surface area contributed by atoms with E-state index < -0.39 is 23.6 Å². The molecule has 29 heavy (non-hydrogen) atoms. The average molecular weight is 416 g/mol. The Morgan fingerprint density at radius 1 is 1.21 bits per heavy atom. The van der Waals surface area contributed by atoms with Crippen molar-refractivity contribution >= 4 is 34.8 Å². The van der Waals surface area contributed by atoms with Gasteiger partial charge in [0.2, 0.25) is 5.91 Å². The van der Waals surface area contributed by atoms with Gasteiger partial charge in [-0.15, -0.1) is 0 Å². The van der Waals surface area contributed by atoms with Crippen LogP contribution in [0.25, 0.3) is 5.65 Å². The van der Waals surface area contributed by atoms with Gasteiger partial charge < -0.3 is 9.64 Å². The molecule has 4 rings (SSSR count). The van der Waals surface area contributed by atoms with Crippen molar-refractivity contribution in [1.29, 1.82) is 0 Å². The first-order valence-corrected chi connectivity index (χ1v) is 9.21. The summed E-state index contributed by atoms with van der Waals surface area (Å²) in [7, 11) is 0. The van der Waals surface area contributed by atoms with Crippen molar-refractivity contribution in [2.45, 2.75) is 13.0 Å². The monoisotopic (exact) mass is 415 g/mol. The van der Waals surface area contributed by atoms with Crippen LogP contribution in [0.1, 0.15) is 12.1 Å². The zero-order valence-electron chi connectivity index (χ0n) is 15.0. The molecule has 1 amide bonds. The SMILES string of the molecule is O=C(OCc1cc(=O)n2cc(Cl)ccc2n1)C1CCN(c2ccc(F)cc2)C1=O. The summed E-state index contributed by atoms with van der Waals surface area (Å²) in [6.07, 6.45) is 1.74. The molecule has 7 nitrogen and oxygen atoms in total. The van der Waals surface area contributed by atoms with Crippen molar-refractivity contribution in [3.05, 3.63) is 75.5 Å². The van der Waals surface area contributed by atoms with E-state index in [4.69, 9.17) is 16.3 Å². The Bertz CT molecular complexity index is 1160. The van der Waals surface area contributed by atoms with Gasteiger partial charge in [0.05, 0.1) is 10.7 Å². The molecule has 1 aromatic carbocycles. The second-order valence-electron chi connectivity index (χ2n) is 6.58. The lowest BCUT2D eigenvalue weighted by Gasteiger charge is -2.16. The maximum Gasteiger partial charge on any atom is 0.318 e. The van der Waals surface area contributed by atoms with Gasteiger partial charge in [0.25, 0.3) is 5.56 Å². The summed E-state index contributed by atoms with van der Waals surface area (Å²) in [4.78, 5) is 42.8. The van der Waals surface area contributed by atoms with Gasteiger partial charge in [-0.05, 0) is 42.8 Å². The molecule has 3 aromatic rings. The molecule has 0 N–H and O–H groups in total. The van der Waals surface area contributed by atoms with Crippen LogP contribution in [-0.4, -0.2) is 27.8 Å². The minimum Gasteiger partial charge on any atom is -0.459 e. The number of ether oxygens (including phenoxy) is 1. The van der Waals surface area contributed by atoms with Crippen molar-refractivity contribution in [2.75, 3.05) is 11.4 Å². The number of amides is 1. The number of benzene rings is 1. The highest BCUT2D eigenvalue weighted by atomic mass is 35.5. The van der Waals surface area contributed by atoms with Crippen molar-refractivity contribution in [1.82, 2.24) is 9.38 Å². The molecular weight excluding hydrogens is 401 g/mol. The Balaban J connectivity index is 1.44. The highest BCUT2D eigenvalue weighted by molar-refractivity contribution is 6.30. The molecule has 0 bridgehead atoms.